The van der Waals surface area contributed by atoms with Crippen LogP contribution in [0.2, 0.25) is 19.6 Å². The zero-order valence-electron chi connectivity index (χ0n) is 24.8. The first kappa shape index (κ1) is 24.1. The quantitative estimate of drug-likeness (QED) is 0.136. The van der Waals surface area contributed by atoms with Crippen LogP contribution in [0.15, 0.2) is 91.3 Å². The van der Waals surface area contributed by atoms with Crippen LogP contribution in [0.5, 0.6) is 0 Å². The second-order valence-corrected chi connectivity index (χ2v) is 16.1. The third kappa shape index (κ3) is 6.03. The molecule has 0 aliphatic heterocycles. The zero-order valence-corrected chi connectivity index (χ0v) is 26.0. The molecule has 3 aromatic heterocycles. The average Bonchev–Trinajstić information content (AvgIpc) is 3.32. The Hall–Kier alpha value is -2.95. The molecule has 0 unspecified atom stereocenters. The van der Waals surface area contributed by atoms with Crippen LogP contribution in [-0.2, 0) is 20.1 Å². The molecule has 1 radical (unpaired) electrons. The van der Waals surface area contributed by atoms with Crippen LogP contribution in [0.1, 0.15) is 15.2 Å². The van der Waals surface area contributed by atoms with E-state index in [4.69, 9.17) is 4.11 Å². The number of fused-ring (bicyclic) bond motifs is 3. The van der Waals surface area contributed by atoms with E-state index in [1.54, 1.807) is 23.5 Å². The molecule has 0 saturated carbocycles. The van der Waals surface area contributed by atoms with E-state index in [9.17, 15) is 0 Å². The van der Waals surface area contributed by atoms with Crippen molar-refractivity contribution in [2.24, 2.45) is 0 Å². The van der Waals surface area contributed by atoms with Crippen LogP contribution in [0, 0.1) is 25.9 Å². The van der Waals surface area contributed by atoms with Crippen LogP contribution in [0.3, 0.4) is 0 Å². The molecular formula is C33H30IrN2SSi-2. The molecule has 2 nitrogen and oxygen atoms in total. The van der Waals surface area contributed by atoms with Gasteiger partial charge in [0.05, 0.1) is 8.07 Å². The van der Waals surface area contributed by atoms with Crippen molar-refractivity contribution in [3.63, 3.8) is 0 Å². The topological polar surface area (TPSA) is 25.8 Å². The van der Waals surface area contributed by atoms with Gasteiger partial charge in [-0.1, -0.05) is 67.5 Å². The fourth-order valence-corrected chi connectivity index (χ4v) is 7.97. The van der Waals surface area contributed by atoms with Crippen molar-refractivity contribution in [2.45, 2.75) is 33.4 Å². The van der Waals surface area contributed by atoms with Crippen molar-refractivity contribution < 1.29 is 24.2 Å². The summed E-state index contributed by atoms with van der Waals surface area (Å²) in [5.41, 5.74) is 5.16. The maximum Gasteiger partial charge on any atom is 0.0794 e. The zero-order chi connectivity index (χ0) is 28.5. The van der Waals surface area contributed by atoms with Crippen molar-refractivity contribution in [2.75, 3.05) is 0 Å². The number of nitrogens with zero attached hydrogens (tertiary/aromatic N) is 2. The van der Waals surface area contributed by atoms with E-state index in [1.165, 1.54) is 32.4 Å². The van der Waals surface area contributed by atoms with E-state index in [0.29, 0.717) is 0 Å². The Morgan fingerprint density at radius 3 is 2.13 bits per heavy atom. The van der Waals surface area contributed by atoms with Gasteiger partial charge in [0.2, 0.25) is 0 Å². The molecule has 0 amide bonds. The second kappa shape index (κ2) is 11.8. The summed E-state index contributed by atoms with van der Waals surface area (Å²) >= 11 is 1.80. The molecule has 193 valence electrons. The van der Waals surface area contributed by atoms with Crippen LogP contribution in [-0.4, -0.2) is 18.0 Å². The Bertz CT molecular complexity index is 1760. The van der Waals surface area contributed by atoms with Gasteiger partial charge in [-0.05, 0) is 51.6 Å². The molecule has 38 heavy (non-hydrogen) atoms. The van der Waals surface area contributed by atoms with E-state index in [2.05, 4.69) is 72.1 Å². The smallest absolute Gasteiger partial charge is 0.0794 e. The summed E-state index contributed by atoms with van der Waals surface area (Å²) in [7, 11) is -1.46. The molecule has 0 fully saturated rings. The SMILES string of the molecule is Cc1ccc(-c2[c-]cccc2)nc1.[2H]C([2H])([2H])c1ccc(-c2[c-]ccc3c2sc2c([Si](C)(C)C)cccc23)nc1.[Ir]. The molecular weight excluding hydrogens is 677 g/mol. The van der Waals surface area contributed by atoms with Crippen LogP contribution in [0.25, 0.3) is 42.7 Å². The molecule has 3 heterocycles. The number of thiophene rings is 1. The monoisotopic (exact) mass is 710 g/mol. The molecule has 0 N–H and O–H groups in total. The fraction of sp³-hybridized carbons (Fsp3) is 0.152. The fourth-order valence-electron chi connectivity index (χ4n) is 4.27. The molecule has 3 aromatic carbocycles. The first-order chi connectivity index (χ1) is 19.0. The van der Waals surface area contributed by atoms with E-state index < -0.39 is 14.9 Å². The molecule has 0 aliphatic carbocycles. The van der Waals surface area contributed by atoms with Crippen molar-refractivity contribution >= 4 is 44.8 Å². The summed E-state index contributed by atoms with van der Waals surface area (Å²) in [5, 5.41) is 3.97. The summed E-state index contributed by atoms with van der Waals surface area (Å²) in [4.78, 5) is 8.75. The number of aromatic nitrogens is 2. The van der Waals surface area contributed by atoms with Crippen molar-refractivity contribution in [3.8, 4) is 22.5 Å². The number of benzene rings is 3. The van der Waals surface area contributed by atoms with E-state index >= 15 is 0 Å². The number of hydrogen-bond donors (Lipinski definition) is 0. The summed E-state index contributed by atoms with van der Waals surface area (Å²) in [6.07, 6.45) is 3.33. The summed E-state index contributed by atoms with van der Waals surface area (Å²) in [6, 6.07) is 32.5. The maximum atomic E-state index is 7.53. The molecule has 0 atom stereocenters. The molecule has 0 bridgehead atoms. The van der Waals surface area contributed by atoms with Crippen LogP contribution >= 0.6 is 11.3 Å². The second-order valence-electron chi connectivity index (χ2n) is 10.1. The van der Waals surface area contributed by atoms with E-state index in [-0.39, 0.29) is 25.7 Å². The average molecular weight is 710 g/mol. The maximum absolute atomic E-state index is 7.53. The summed E-state index contributed by atoms with van der Waals surface area (Å²) < 4.78 is 25.1. The number of aryl methyl sites for hydroxylation is 2. The Morgan fingerprint density at radius 1 is 0.737 bits per heavy atom. The molecule has 5 heteroatoms. The van der Waals surface area contributed by atoms with Crippen LogP contribution < -0.4 is 5.19 Å². The molecule has 0 saturated heterocycles. The van der Waals surface area contributed by atoms with Gasteiger partial charge in [0.1, 0.15) is 0 Å². The van der Waals surface area contributed by atoms with Gasteiger partial charge >= 0.3 is 0 Å². The van der Waals surface area contributed by atoms with Gasteiger partial charge in [-0.3, -0.25) is 0 Å². The van der Waals surface area contributed by atoms with Gasteiger partial charge in [-0.25, -0.2) is 0 Å². The Morgan fingerprint density at radius 2 is 1.47 bits per heavy atom. The minimum absolute atomic E-state index is 0. The first-order valence-electron chi connectivity index (χ1n) is 13.8. The van der Waals surface area contributed by atoms with E-state index in [1.807, 2.05) is 49.5 Å². The van der Waals surface area contributed by atoms with E-state index in [0.717, 1.165) is 27.2 Å². The Labute approximate surface area is 248 Å². The van der Waals surface area contributed by atoms with Gasteiger partial charge in [0.15, 0.2) is 0 Å². The normalized spacial score (nSPS) is 12.6. The number of pyridine rings is 2. The largest absolute Gasteiger partial charge is 0.304 e. The van der Waals surface area contributed by atoms with Crippen molar-refractivity contribution in [1.82, 2.24) is 9.97 Å². The van der Waals surface area contributed by atoms with Gasteiger partial charge in [-0.2, -0.15) is 11.3 Å². The third-order valence-corrected chi connectivity index (χ3v) is 9.67. The summed E-state index contributed by atoms with van der Waals surface area (Å²) in [6.45, 7) is 7.01. The first-order valence-corrected chi connectivity index (χ1v) is 16.6. The minimum atomic E-state index is -2.13. The Kier molecular flexibility index (Phi) is 7.51. The molecule has 0 aliphatic rings. The third-order valence-electron chi connectivity index (χ3n) is 6.18. The van der Waals surface area contributed by atoms with Gasteiger partial charge in [0, 0.05) is 41.3 Å². The Balaban J connectivity index is 0.000000233. The number of rotatable bonds is 3. The van der Waals surface area contributed by atoms with Gasteiger partial charge in [-0.15, -0.1) is 59.7 Å². The minimum Gasteiger partial charge on any atom is -0.304 e. The summed E-state index contributed by atoms with van der Waals surface area (Å²) in [5.74, 6) is 0. The number of hydrogen-bond acceptors (Lipinski definition) is 3. The standard InChI is InChI=1S/C21H20NSSi.C12H10N.Ir/c1-14-11-12-18(22-13-14)17-9-5-7-15-16-8-6-10-19(24(2,3)4)21(16)23-20(15)17;1-10-7-8-12(13-9-10)11-5-3-2-4-6-11;/h5-8,10-13H,1-4H3;2-5,7-9H,1H3;/q2*-1;/i1D3;;. The van der Waals surface area contributed by atoms with Gasteiger partial charge < -0.3 is 9.97 Å². The molecule has 6 rings (SSSR count). The van der Waals surface area contributed by atoms with Crippen LogP contribution in [0.4, 0.5) is 0 Å². The predicted molar refractivity (Wildman–Crippen MR) is 162 cm³/mol. The van der Waals surface area contributed by atoms with Gasteiger partial charge in [0.25, 0.3) is 0 Å². The molecule has 6 aromatic rings. The predicted octanol–water partition coefficient (Wildman–Crippen LogP) is 8.63. The molecule has 0 spiro atoms. The van der Waals surface area contributed by atoms with Crippen molar-refractivity contribution in [1.29, 1.82) is 0 Å². The van der Waals surface area contributed by atoms with Crippen molar-refractivity contribution in [3.05, 3.63) is 115 Å².